The van der Waals surface area contributed by atoms with E-state index in [1.807, 2.05) is 6.92 Å². The Balaban J connectivity index is 1.79. The number of amides is 1. The summed E-state index contributed by atoms with van der Waals surface area (Å²) in [5.74, 6) is 1.89. The lowest BCUT2D eigenvalue weighted by Gasteiger charge is -2.34. The molecule has 1 aromatic carbocycles. The molecular weight excluding hydrogens is 302 g/mol. The maximum Gasteiger partial charge on any atom is 0.220 e. The molecule has 1 saturated carbocycles. The molecule has 0 radical (unpaired) electrons. The highest BCUT2D eigenvalue weighted by atomic mass is 16.5. The number of hydrogen-bond donors (Lipinski definition) is 1. The summed E-state index contributed by atoms with van der Waals surface area (Å²) in [5.41, 5.74) is 0.630. The van der Waals surface area contributed by atoms with Gasteiger partial charge in [-0.3, -0.25) is 9.59 Å². The van der Waals surface area contributed by atoms with E-state index in [-0.39, 0.29) is 30.6 Å². The molecule has 1 N–H and O–H groups in total. The Kier molecular flexibility index (Phi) is 6.83. The van der Waals surface area contributed by atoms with Crippen molar-refractivity contribution in [3.8, 4) is 5.75 Å². The van der Waals surface area contributed by atoms with E-state index >= 15 is 0 Å². The van der Waals surface area contributed by atoms with Crippen molar-refractivity contribution in [3.63, 3.8) is 0 Å². The van der Waals surface area contributed by atoms with Crippen LogP contribution in [0.4, 0.5) is 0 Å². The van der Waals surface area contributed by atoms with Crippen LogP contribution in [0.3, 0.4) is 0 Å². The minimum absolute atomic E-state index is 0.00161. The fourth-order valence-electron chi connectivity index (χ4n) is 3.34. The number of carbonyl (C=O) groups is 2. The van der Waals surface area contributed by atoms with Crippen LogP contribution in [-0.2, 0) is 4.79 Å². The van der Waals surface area contributed by atoms with Crippen molar-refractivity contribution in [1.29, 1.82) is 0 Å². The fraction of sp³-hybridized carbons (Fsp3) is 0.600. The highest BCUT2D eigenvalue weighted by molar-refractivity contribution is 5.98. The molecule has 0 aromatic heterocycles. The Hall–Kier alpha value is -1.84. The molecule has 1 aliphatic rings. The summed E-state index contributed by atoms with van der Waals surface area (Å²) in [5, 5.41) is 3.12. The van der Waals surface area contributed by atoms with Gasteiger partial charge < -0.3 is 10.1 Å². The number of hydrogen-bond acceptors (Lipinski definition) is 3. The van der Waals surface area contributed by atoms with Gasteiger partial charge in [-0.1, -0.05) is 26.7 Å². The maximum atomic E-state index is 12.2. The SMILES string of the molecule is CCOc1ccc(C(=O)CCC(=O)N[C@@H]2CCC[C@@H](C)[C@@H]2C)cc1. The predicted octanol–water partition coefficient (Wildman–Crippen LogP) is 3.99. The van der Waals surface area contributed by atoms with Gasteiger partial charge in [0.25, 0.3) is 0 Å². The molecule has 0 heterocycles. The van der Waals surface area contributed by atoms with Crippen LogP contribution in [0.2, 0.25) is 0 Å². The first kappa shape index (κ1) is 18.5. The Morgan fingerprint density at radius 3 is 2.50 bits per heavy atom. The third-order valence-corrected chi connectivity index (χ3v) is 5.12. The van der Waals surface area contributed by atoms with E-state index < -0.39 is 0 Å². The van der Waals surface area contributed by atoms with Gasteiger partial charge in [0.2, 0.25) is 5.91 Å². The van der Waals surface area contributed by atoms with Gasteiger partial charge in [-0.05, 0) is 49.4 Å². The first-order valence-electron chi connectivity index (χ1n) is 9.06. The van der Waals surface area contributed by atoms with E-state index in [9.17, 15) is 9.59 Å². The zero-order chi connectivity index (χ0) is 17.5. The second-order valence-electron chi connectivity index (χ2n) is 6.82. The van der Waals surface area contributed by atoms with Gasteiger partial charge in [-0.25, -0.2) is 0 Å². The largest absolute Gasteiger partial charge is 0.494 e. The van der Waals surface area contributed by atoms with E-state index in [1.54, 1.807) is 24.3 Å². The van der Waals surface area contributed by atoms with Crippen LogP contribution in [-0.4, -0.2) is 24.3 Å². The minimum Gasteiger partial charge on any atom is -0.494 e. The molecule has 2 rings (SSSR count). The van der Waals surface area contributed by atoms with Gasteiger partial charge in [0.15, 0.2) is 5.78 Å². The van der Waals surface area contributed by atoms with Gasteiger partial charge in [0.1, 0.15) is 5.75 Å². The van der Waals surface area contributed by atoms with Crippen molar-refractivity contribution in [2.45, 2.75) is 58.9 Å². The van der Waals surface area contributed by atoms with Crippen LogP contribution in [0.15, 0.2) is 24.3 Å². The summed E-state index contributed by atoms with van der Waals surface area (Å²) in [6, 6.07) is 7.36. The normalized spacial score (nSPS) is 23.5. The topological polar surface area (TPSA) is 55.4 Å². The number of ether oxygens (including phenoxy) is 1. The highest BCUT2D eigenvalue weighted by Crippen LogP contribution is 2.29. The number of benzene rings is 1. The summed E-state index contributed by atoms with van der Waals surface area (Å²) in [7, 11) is 0. The van der Waals surface area contributed by atoms with Crippen molar-refractivity contribution in [2.75, 3.05) is 6.61 Å². The Morgan fingerprint density at radius 2 is 1.83 bits per heavy atom. The fourth-order valence-corrected chi connectivity index (χ4v) is 3.34. The van der Waals surface area contributed by atoms with Crippen molar-refractivity contribution < 1.29 is 14.3 Å². The summed E-state index contributed by atoms with van der Waals surface area (Å²) < 4.78 is 5.37. The molecule has 4 heteroatoms. The Morgan fingerprint density at radius 1 is 1.12 bits per heavy atom. The maximum absolute atomic E-state index is 12.2. The monoisotopic (exact) mass is 331 g/mol. The third kappa shape index (κ3) is 5.08. The second-order valence-corrected chi connectivity index (χ2v) is 6.82. The molecular formula is C20H29NO3. The average molecular weight is 331 g/mol. The molecule has 1 aromatic rings. The number of rotatable bonds is 7. The molecule has 1 fully saturated rings. The minimum atomic E-state index is -0.0137. The summed E-state index contributed by atoms with van der Waals surface area (Å²) in [6.07, 6.45) is 3.95. The lowest BCUT2D eigenvalue weighted by atomic mass is 9.78. The molecule has 0 spiro atoms. The molecule has 4 nitrogen and oxygen atoms in total. The zero-order valence-electron chi connectivity index (χ0n) is 15.0. The van der Waals surface area contributed by atoms with Gasteiger partial charge in [-0.2, -0.15) is 0 Å². The Bertz CT molecular complexity index is 553. The van der Waals surface area contributed by atoms with E-state index in [4.69, 9.17) is 4.74 Å². The Labute approximate surface area is 145 Å². The number of nitrogens with one attached hydrogen (secondary N) is 1. The van der Waals surface area contributed by atoms with Crippen molar-refractivity contribution >= 4 is 11.7 Å². The molecule has 24 heavy (non-hydrogen) atoms. The van der Waals surface area contributed by atoms with Crippen LogP contribution in [0, 0.1) is 11.8 Å². The standard InChI is InChI=1S/C20H29NO3/c1-4-24-17-10-8-16(9-11-17)19(22)12-13-20(23)21-18-7-5-6-14(2)15(18)3/h8-11,14-15,18H,4-7,12-13H2,1-3H3,(H,21,23)/t14-,15+,18-/m1/s1. The van der Waals surface area contributed by atoms with E-state index in [0.717, 1.165) is 12.2 Å². The third-order valence-electron chi connectivity index (χ3n) is 5.12. The number of carbonyl (C=O) groups excluding carboxylic acids is 2. The van der Waals surface area contributed by atoms with E-state index in [1.165, 1.54) is 12.8 Å². The van der Waals surface area contributed by atoms with Crippen LogP contribution < -0.4 is 10.1 Å². The smallest absolute Gasteiger partial charge is 0.220 e. The zero-order valence-corrected chi connectivity index (χ0v) is 15.0. The molecule has 0 unspecified atom stereocenters. The van der Waals surface area contributed by atoms with Crippen LogP contribution in [0.5, 0.6) is 5.75 Å². The number of Topliss-reactive ketones (excluding diaryl/α,β-unsaturated/α-hetero) is 1. The highest BCUT2D eigenvalue weighted by Gasteiger charge is 2.28. The van der Waals surface area contributed by atoms with Crippen LogP contribution in [0.25, 0.3) is 0 Å². The van der Waals surface area contributed by atoms with Crippen LogP contribution in [0.1, 0.15) is 63.2 Å². The first-order chi connectivity index (χ1) is 11.5. The molecule has 0 bridgehead atoms. The molecule has 0 saturated heterocycles. The lowest BCUT2D eigenvalue weighted by Crippen LogP contribution is -2.43. The van der Waals surface area contributed by atoms with Gasteiger partial charge in [0.05, 0.1) is 6.61 Å². The van der Waals surface area contributed by atoms with Gasteiger partial charge in [-0.15, -0.1) is 0 Å². The van der Waals surface area contributed by atoms with Gasteiger partial charge >= 0.3 is 0 Å². The first-order valence-corrected chi connectivity index (χ1v) is 9.06. The van der Waals surface area contributed by atoms with E-state index in [0.29, 0.717) is 24.0 Å². The summed E-state index contributed by atoms with van der Waals surface area (Å²) in [6.45, 7) is 6.98. The molecule has 3 atom stereocenters. The van der Waals surface area contributed by atoms with Crippen molar-refractivity contribution in [2.24, 2.45) is 11.8 Å². The molecule has 132 valence electrons. The number of ketones is 1. The quantitative estimate of drug-likeness (QED) is 0.769. The van der Waals surface area contributed by atoms with Crippen molar-refractivity contribution in [3.05, 3.63) is 29.8 Å². The second kappa shape index (κ2) is 8.86. The lowest BCUT2D eigenvalue weighted by molar-refractivity contribution is -0.122. The van der Waals surface area contributed by atoms with Crippen LogP contribution >= 0.6 is 0 Å². The van der Waals surface area contributed by atoms with E-state index in [2.05, 4.69) is 19.2 Å². The average Bonchev–Trinajstić information content (AvgIpc) is 2.58. The predicted molar refractivity (Wildman–Crippen MR) is 95.3 cm³/mol. The molecule has 1 amide bonds. The molecule has 0 aliphatic heterocycles. The van der Waals surface area contributed by atoms with Gasteiger partial charge in [0, 0.05) is 24.4 Å². The summed E-state index contributed by atoms with van der Waals surface area (Å²) in [4.78, 5) is 24.4. The molecule has 1 aliphatic carbocycles. The van der Waals surface area contributed by atoms with Crippen molar-refractivity contribution in [1.82, 2.24) is 5.32 Å². The summed E-state index contributed by atoms with van der Waals surface area (Å²) >= 11 is 0.